The van der Waals surface area contributed by atoms with Gasteiger partial charge in [-0.3, -0.25) is 4.79 Å². The summed E-state index contributed by atoms with van der Waals surface area (Å²) >= 11 is 0. The van der Waals surface area contributed by atoms with Gasteiger partial charge < -0.3 is 129 Å². The number of esters is 1. The van der Waals surface area contributed by atoms with E-state index in [9.17, 15) is 81.7 Å². The second kappa shape index (κ2) is 25.2. The van der Waals surface area contributed by atoms with Crippen molar-refractivity contribution >= 4 is 5.97 Å². The van der Waals surface area contributed by atoms with Crippen molar-refractivity contribution in [2.75, 3.05) is 26.4 Å². The lowest BCUT2D eigenvalue weighted by atomic mass is 9.33. The molecule has 0 radical (unpaired) electrons. The van der Waals surface area contributed by atoms with E-state index in [0.29, 0.717) is 44.9 Å². The van der Waals surface area contributed by atoms with Crippen LogP contribution in [0.5, 0.6) is 0 Å². The highest BCUT2D eigenvalue weighted by molar-refractivity contribution is 5.79. The van der Waals surface area contributed by atoms with Gasteiger partial charge in [-0.15, -0.1) is 0 Å². The van der Waals surface area contributed by atoms with Crippen LogP contribution in [0, 0.1) is 50.2 Å². The molecule has 16 N–H and O–H groups in total. The summed E-state index contributed by atoms with van der Waals surface area (Å²) in [6, 6.07) is 0. The molecule has 500 valence electrons. The maximum atomic E-state index is 15.3. The van der Waals surface area contributed by atoms with Crippen LogP contribution in [0.2, 0.25) is 0 Å². The van der Waals surface area contributed by atoms with Crippen molar-refractivity contribution in [3.8, 4) is 0 Å². The van der Waals surface area contributed by atoms with Crippen LogP contribution >= 0.6 is 0 Å². The first-order valence-corrected chi connectivity index (χ1v) is 31.2. The minimum absolute atomic E-state index is 0.0840. The fraction of sp³-hybridized carbons (Fsp3) is 0.950. The molecule has 0 aromatic carbocycles. The lowest BCUT2D eigenvalue weighted by Crippen LogP contribution is -2.67. The van der Waals surface area contributed by atoms with Crippen LogP contribution in [0.25, 0.3) is 0 Å². The Balaban J connectivity index is 0.832. The molecule has 9 fully saturated rings. The van der Waals surface area contributed by atoms with E-state index in [0.717, 1.165) is 19.3 Å². The third-order valence-corrected chi connectivity index (χ3v) is 23.5. The van der Waals surface area contributed by atoms with Gasteiger partial charge in [0.15, 0.2) is 25.2 Å². The molecule has 33 atom stereocenters. The van der Waals surface area contributed by atoms with E-state index in [-0.39, 0.29) is 39.4 Å². The second-order valence-electron chi connectivity index (χ2n) is 29.1. The fourth-order valence-electron chi connectivity index (χ4n) is 17.8. The van der Waals surface area contributed by atoms with Gasteiger partial charge in [0, 0.05) is 0 Å². The average molecular weight is 1250 g/mol. The second-order valence-corrected chi connectivity index (χ2v) is 29.1. The first-order chi connectivity index (χ1) is 40.7. The van der Waals surface area contributed by atoms with Crippen molar-refractivity contribution in [1.82, 2.24) is 0 Å². The summed E-state index contributed by atoms with van der Waals surface area (Å²) < 4.78 is 59.6. The van der Waals surface area contributed by atoms with Gasteiger partial charge in [-0.05, 0) is 116 Å². The Morgan fingerprint density at radius 3 is 1.67 bits per heavy atom. The Kier molecular flexibility index (Phi) is 19.7. The molecule has 10 rings (SSSR count). The van der Waals surface area contributed by atoms with Gasteiger partial charge in [-0.25, -0.2) is 0 Å². The van der Waals surface area contributed by atoms with E-state index in [4.69, 9.17) is 47.4 Å². The van der Waals surface area contributed by atoms with Crippen LogP contribution < -0.4 is 0 Å². The molecule has 87 heavy (non-hydrogen) atoms. The van der Waals surface area contributed by atoms with Crippen molar-refractivity contribution in [2.45, 2.75) is 279 Å². The van der Waals surface area contributed by atoms with Gasteiger partial charge in [0.25, 0.3) is 0 Å². The predicted molar refractivity (Wildman–Crippen MR) is 294 cm³/mol. The third-order valence-electron chi connectivity index (χ3n) is 23.5. The van der Waals surface area contributed by atoms with Gasteiger partial charge in [-0.2, -0.15) is 0 Å². The highest BCUT2D eigenvalue weighted by Gasteiger charge is 2.70. The first-order valence-electron chi connectivity index (χ1n) is 31.2. The van der Waals surface area contributed by atoms with Crippen molar-refractivity contribution in [3.05, 3.63) is 11.6 Å². The molecule has 0 bridgehead atoms. The molecule has 5 saturated heterocycles. The zero-order valence-corrected chi connectivity index (χ0v) is 50.9. The summed E-state index contributed by atoms with van der Waals surface area (Å²) in [6.07, 6.45) is -32.3. The number of allylic oxidation sites excluding steroid dienone is 2. The van der Waals surface area contributed by atoms with Gasteiger partial charge in [-0.1, -0.05) is 60.1 Å². The Morgan fingerprint density at radius 2 is 1.02 bits per heavy atom. The van der Waals surface area contributed by atoms with Gasteiger partial charge in [0.2, 0.25) is 6.29 Å². The lowest BCUT2D eigenvalue weighted by Gasteiger charge is -2.71. The average Bonchev–Trinajstić information content (AvgIpc) is 0.690. The highest BCUT2D eigenvalue weighted by atomic mass is 16.8. The van der Waals surface area contributed by atoms with Crippen molar-refractivity contribution in [2.24, 2.45) is 50.2 Å². The van der Waals surface area contributed by atoms with Crippen molar-refractivity contribution in [3.63, 3.8) is 0 Å². The monoisotopic (exact) mass is 1250 g/mol. The van der Waals surface area contributed by atoms with Gasteiger partial charge in [0.05, 0.1) is 44.1 Å². The molecular weight excluding hydrogens is 1150 g/mol. The number of aliphatic hydroxyl groups excluding tert-OH is 16. The summed E-state index contributed by atoms with van der Waals surface area (Å²) in [4.78, 5) is 15.3. The molecule has 4 saturated carbocycles. The Labute approximate surface area is 506 Å². The SMILES string of the molecule is C[C@@H]1O[C@@H](O[C@H]2[C@H](O)[C@@H](O)[C@H](OC[C@H]3O[C@@H](OC(=O)[C@]45CCC(C)(C)C[C@H]4C4=CC[C@@H]6[C@@]7(C)CC[C@H](O[C@@H]8O[C@H](CO)[C@@H](O)[C@H](O)[C@H]8O[C@@H]8O[C@H](CO)[C@@H](O)[C@H](O)[C@H]8O)C(C)(C)[C@@H]7CC[C@@]6(C)[C@]4(C)CC5)[C@H](O)[C@@H](O)[C@@H]3O)O[C@@H]2CO)[C@H](O)[C@H](O)[C@H]1O. The molecular formula is C60H98O27. The summed E-state index contributed by atoms with van der Waals surface area (Å²) in [5.41, 5.74) is -1.49. The predicted octanol–water partition coefficient (Wildman–Crippen LogP) is -3.18. The number of carbonyl (C=O) groups excluding carboxylic acids is 1. The smallest absolute Gasteiger partial charge is 0.315 e. The standard InChI is InChI=1S/C60H98O27/c1-24-34(64)38(68)43(73)50(79-24)85-47-29(22-63)82-49(46(76)42(47)72)78-23-30-37(67)40(70)45(75)52(83-30)87-54(77)60-17-15-55(2,3)19-26(60)25-9-10-32-57(6)13-12-33(56(4,5)31(57)11-14-59(32,8)58(25,7)16-18-60)84-53-48(41(71)36(66)28(21-62)81-53)86-51-44(74)39(69)35(65)27(20-61)80-51/h9,24,26-53,61-76H,10-23H2,1-8H3/t24-,26-,27+,28+,29+,30+,31-,32+,33-,34-,35+,36+,37+,38+,39-,40-,41-,42+,43+,44+,45+,46+,47+,48+,49+,50-,51-,52-,53-,57-,58+,59+,60-/m0/s1. The number of aliphatic hydroxyl groups is 16. The van der Waals surface area contributed by atoms with Crippen molar-refractivity contribution in [1.29, 1.82) is 0 Å². The minimum atomic E-state index is -1.90. The topological polar surface area (TPSA) is 433 Å². The molecule has 10 aliphatic rings. The van der Waals surface area contributed by atoms with Gasteiger partial charge >= 0.3 is 5.97 Å². The van der Waals surface area contributed by atoms with E-state index in [2.05, 4.69) is 54.5 Å². The van der Waals surface area contributed by atoms with Crippen LogP contribution in [0.4, 0.5) is 0 Å². The maximum Gasteiger partial charge on any atom is 0.315 e. The molecule has 5 aliphatic heterocycles. The molecule has 5 heterocycles. The number of hydrogen-bond acceptors (Lipinski definition) is 27. The van der Waals surface area contributed by atoms with Gasteiger partial charge in [0.1, 0.15) is 116 Å². The number of carbonyl (C=O) groups is 1. The molecule has 0 amide bonds. The highest BCUT2D eigenvalue weighted by Crippen LogP contribution is 2.76. The Morgan fingerprint density at radius 1 is 0.506 bits per heavy atom. The Bertz CT molecular complexity index is 2420. The normalized spacial score (nSPS) is 54.0. The maximum absolute atomic E-state index is 15.3. The molecule has 0 unspecified atom stereocenters. The largest absolute Gasteiger partial charge is 0.432 e. The van der Waals surface area contributed by atoms with Crippen LogP contribution in [-0.2, 0) is 52.2 Å². The minimum Gasteiger partial charge on any atom is -0.432 e. The van der Waals surface area contributed by atoms with Crippen LogP contribution in [0.3, 0.4) is 0 Å². The zero-order chi connectivity index (χ0) is 63.6. The number of ether oxygens (including phenoxy) is 10. The number of hydrogen-bond donors (Lipinski definition) is 16. The summed E-state index contributed by atoms with van der Waals surface area (Å²) in [7, 11) is 0. The molecule has 0 aromatic heterocycles. The molecule has 27 nitrogen and oxygen atoms in total. The van der Waals surface area contributed by atoms with E-state index >= 15 is 4.79 Å². The van der Waals surface area contributed by atoms with E-state index < -0.39 is 203 Å². The van der Waals surface area contributed by atoms with E-state index in [1.54, 1.807) is 0 Å². The van der Waals surface area contributed by atoms with Crippen LogP contribution in [0.15, 0.2) is 11.6 Å². The molecule has 5 aliphatic carbocycles. The summed E-state index contributed by atoms with van der Waals surface area (Å²) in [5, 5.41) is 172. The molecule has 0 spiro atoms. The Hall–Kier alpha value is -1.79. The fourth-order valence-corrected chi connectivity index (χ4v) is 17.8. The summed E-state index contributed by atoms with van der Waals surface area (Å²) in [6.45, 7) is 14.3. The van der Waals surface area contributed by atoms with Crippen LogP contribution in [-0.4, -0.2) is 274 Å². The number of rotatable bonds is 14. The lowest BCUT2D eigenvalue weighted by molar-refractivity contribution is -0.378. The van der Waals surface area contributed by atoms with Crippen LogP contribution in [0.1, 0.15) is 120 Å². The quantitative estimate of drug-likeness (QED) is 0.0463. The summed E-state index contributed by atoms with van der Waals surface area (Å²) in [5.74, 6) is -0.650. The third kappa shape index (κ3) is 11.5. The first kappa shape index (κ1) is 68.1. The van der Waals surface area contributed by atoms with E-state index in [1.807, 2.05) is 0 Å². The van der Waals surface area contributed by atoms with E-state index in [1.165, 1.54) is 12.5 Å². The zero-order valence-electron chi connectivity index (χ0n) is 50.9. The van der Waals surface area contributed by atoms with Crippen molar-refractivity contribution < 1.29 is 134 Å². The molecule has 0 aromatic rings. The number of fused-ring (bicyclic) bond motifs is 7. The molecule has 27 heteroatoms.